The summed E-state index contributed by atoms with van der Waals surface area (Å²) in [7, 11) is 1.57. The molecule has 3 rings (SSSR count). The zero-order valence-corrected chi connectivity index (χ0v) is 13.3. The third-order valence-electron chi connectivity index (χ3n) is 4.40. The number of nitrogens with zero attached hydrogens (tertiary/aromatic N) is 1. The molecule has 2 aliphatic rings. The van der Waals surface area contributed by atoms with E-state index < -0.39 is 0 Å². The second kappa shape index (κ2) is 7.00. The molecule has 2 saturated heterocycles. The molecule has 0 radical (unpaired) electrons. The summed E-state index contributed by atoms with van der Waals surface area (Å²) in [6, 6.07) is 7.36. The minimum atomic E-state index is -0.325. The zero-order valence-electron chi connectivity index (χ0n) is 13.3. The predicted molar refractivity (Wildman–Crippen MR) is 85.4 cm³/mol. The van der Waals surface area contributed by atoms with Gasteiger partial charge in [-0.3, -0.25) is 9.59 Å². The van der Waals surface area contributed by atoms with Gasteiger partial charge in [0.05, 0.1) is 24.8 Å². The van der Waals surface area contributed by atoms with Gasteiger partial charge in [-0.15, -0.1) is 0 Å². The summed E-state index contributed by atoms with van der Waals surface area (Å²) < 4.78 is 10.8. The summed E-state index contributed by atoms with van der Waals surface area (Å²) >= 11 is 0. The second-order valence-electron chi connectivity index (χ2n) is 5.96. The standard InChI is InChI=1S/C17H22N2O4/c1-22-15-7-3-2-6-14(15)19-11-12(9-16(19)20)17(21)18-10-13-5-4-8-23-13/h2-3,6-7,12-13H,4-5,8-11H2,1H3,(H,18,21)/t12-,13-/m0/s1. The summed E-state index contributed by atoms with van der Waals surface area (Å²) in [5.41, 5.74) is 0.717. The largest absolute Gasteiger partial charge is 0.495 e. The third kappa shape index (κ3) is 3.47. The third-order valence-corrected chi connectivity index (χ3v) is 4.40. The van der Waals surface area contributed by atoms with Gasteiger partial charge in [0.2, 0.25) is 11.8 Å². The molecule has 0 aromatic heterocycles. The second-order valence-corrected chi connectivity index (χ2v) is 5.96. The molecule has 0 aliphatic carbocycles. The van der Waals surface area contributed by atoms with Gasteiger partial charge in [0.25, 0.3) is 0 Å². The Balaban J connectivity index is 1.61. The van der Waals surface area contributed by atoms with Crippen molar-refractivity contribution >= 4 is 17.5 Å². The highest BCUT2D eigenvalue weighted by Crippen LogP contribution is 2.32. The normalized spacial score (nSPS) is 24.0. The van der Waals surface area contributed by atoms with Crippen LogP contribution in [0.3, 0.4) is 0 Å². The number of nitrogens with one attached hydrogen (secondary N) is 1. The highest BCUT2D eigenvalue weighted by molar-refractivity contribution is 6.01. The molecule has 124 valence electrons. The number of rotatable bonds is 5. The summed E-state index contributed by atoms with van der Waals surface area (Å²) in [6.07, 6.45) is 2.37. The Bertz CT molecular complexity index is 584. The molecule has 1 aromatic carbocycles. The van der Waals surface area contributed by atoms with Crippen LogP contribution in [0.25, 0.3) is 0 Å². The quantitative estimate of drug-likeness (QED) is 0.890. The first-order chi connectivity index (χ1) is 11.2. The Hall–Kier alpha value is -2.08. The van der Waals surface area contributed by atoms with E-state index >= 15 is 0 Å². The molecule has 0 spiro atoms. The van der Waals surface area contributed by atoms with Crippen LogP contribution in [0.5, 0.6) is 5.75 Å². The minimum Gasteiger partial charge on any atom is -0.495 e. The molecule has 2 aliphatic heterocycles. The van der Waals surface area contributed by atoms with Crippen LogP contribution < -0.4 is 15.0 Å². The van der Waals surface area contributed by atoms with Gasteiger partial charge in [-0.2, -0.15) is 0 Å². The maximum absolute atomic E-state index is 12.3. The fraction of sp³-hybridized carbons (Fsp3) is 0.529. The first-order valence-corrected chi connectivity index (χ1v) is 8.01. The smallest absolute Gasteiger partial charge is 0.227 e. The lowest BCUT2D eigenvalue weighted by molar-refractivity contribution is -0.126. The molecule has 1 N–H and O–H groups in total. The van der Waals surface area contributed by atoms with Gasteiger partial charge in [-0.25, -0.2) is 0 Å². The number of carbonyl (C=O) groups is 2. The highest BCUT2D eigenvalue weighted by atomic mass is 16.5. The number of carbonyl (C=O) groups excluding carboxylic acids is 2. The van der Waals surface area contributed by atoms with Crippen molar-refractivity contribution in [3.05, 3.63) is 24.3 Å². The molecular formula is C17H22N2O4. The van der Waals surface area contributed by atoms with Crippen LogP contribution in [0.4, 0.5) is 5.69 Å². The van der Waals surface area contributed by atoms with Crippen LogP contribution in [-0.2, 0) is 14.3 Å². The zero-order chi connectivity index (χ0) is 16.2. The van der Waals surface area contributed by atoms with Gasteiger partial charge in [-0.05, 0) is 25.0 Å². The molecule has 2 amide bonds. The fourth-order valence-electron chi connectivity index (χ4n) is 3.13. The Morgan fingerprint density at radius 2 is 2.26 bits per heavy atom. The Morgan fingerprint density at radius 1 is 1.43 bits per heavy atom. The Labute approximate surface area is 135 Å². The lowest BCUT2D eigenvalue weighted by atomic mass is 10.1. The average Bonchev–Trinajstić information content (AvgIpc) is 3.22. The monoisotopic (exact) mass is 318 g/mol. The van der Waals surface area contributed by atoms with Crippen molar-refractivity contribution in [2.24, 2.45) is 5.92 Å². The van der Waals surface area contributed by atoms with Crippen molar-refractivity contribution < 1.29 is 19.1 Å². The lowest BCUT2D eigenvalue weighted by Crippen LogP contribution is -2.37. The van der Waals surface area contributed by atoms with E-state index in [2.05, 4.69) is 5.32 Å². The van der Waals surface area contributed by atoms with Crippen LogP contribution in [0.2, 0.25) is 0 Å². The van der Waals surface area contributed by atoms with Gasteiger partial charge >= 0.3 is 0 Å². The Morgan fingerprint density at radius 3 is 3.00 bits per heavy atom. The molecule has 6 heteroatoms. The van der Waals surface area contributed by atoms with Crippen LogP contribution >= 0.6 is 0 Å². The number of hydrogen-bond donors (Lipinski definition) is 1. The van der Waals surface area contributed by atoms with Gasteiger partial charge in [0, 0.05) is 26.1 Å². The van der Waals surface area contributed by atoms with E-state index in [9.17, 15) is 9.59 Å². The molecule has 2 atom stereocenters. The Kier molecular flexibility index (Phi) is 4.81. The van der Waals surface area contributed by atoms with Crippen molar-refractivity contribution in [3.8, 4) is 5.75 Å². The van der Waals surface area contributed by atoms with Gasteiger partial charge in [-0.1, -0.05) is 12.1 Å². The number of ether oxygens (including phenoxy) is 2. The summed E-state index contributed by atoms with van der Waals surface area (Å²) in [5.74, 6) is 0.188. The molecule has 0 bridgehead atoms. The molecule has 6 nitrogen and oxygen atoms in total. The van der Waals surface area contributed by atoms with E-state index in [1.807, 2.05) is 24.3 Å². The fourth-order valence-corrected chi connectivity index (χ4v) is 3.13. The molecule has 1 aromatic rings. The summed E-state index contributed by atoms with van der Waals surface area (Å²) in [5, 5.41) is 2.91. The van der Waals surface area contributed by atoms with E-state index in [0.717, 1.165) is 25.1 Å². The van der Waals surface area contributed by atoms with Gasteiger partial charge < -0.3 is 19.7 Å². The van der Waals surface area contributed by atoms with Crippen LogP contribution in [0.1, 0.15) is 19.3 Å². The van der Waals surface area contributed by atoms with Crippen LogP contribution in [0.15, 0.2) is 24.3 Å². The predicted octanol–water partition coefficient (Wildman–Crippen LogP) is 1.34. The highest BCUT2D eigenvalue weighted by Gasteiger charge is 2.36. The van der Waals surface area contributed by atoms with Crippen molar-refractivity contribution in [1.29, 1.82) is 0 Å². The maximum Gasteiger partial charge on any atom is 0.227 e. The van der Waals surface area contributed by atoms with Gasteiger partial charge in [0.15, 0.2) is 0 Å². The van der Waals surface area contributed by atoms with Crippen LogP contribution in [-0.4, -0.2) is 44.7 Å². The molecular weight excluding hydrogens is 296 g/mol. The van der Waals surface area contributed by atoms with E-state index in [4.69, 9.17) is 9.47 Å². The molecule has 2 heterocycles. The van der Waals surface area contributed by atoms with Crippen LogP contribution in [0, 0.1) is 5.92 Å². The molecule has 23 heavy (non-hydrogen) atoms. The number of para-hydroxylation sites is 2. The van der Waals surface area contributed by atoms with Gasteiger partial charge in [0.1, 0.15) is 5.75 Å². The first-order valence-electron chi connectivity index (χ1n) is 8.01. The number of methoxy groups -OCH3 is 1. The van der Waals surface area contributed by atoms with Crippen molar-refractivity contribution in [2.75, 3.05) is 31.7 Å². The van der Waals surface area contributed by atoms with Crippen molar-refractivity contribution in [3.63, 3.8) is 0 Å². The molecule has 0 unspecified atom stereocenters. The SMILES string of the molecule is COc1ccccc1N1C[C@@H](C(=O)NC[C@@H]2CCCO2)CC1=O. The van der Waals surface area contributed by atoms with E-state index in [-0.39, 0.29) is 30.3 Å². The number of benzene rings is 1. The minimum absolute atomic E-state index is 0.0493. The number of hydrogen-bond acceptors (Lipinski definition) is 4. The van der Waals surface area contributed by atoms with Crippen molar-refractivity contribution in [2.45, 2.75) is 25.4 Å². The van der Waals surface area contributed by atoms with E-state index in [1.165, 1.54) is 0 Å². The molecule has 0 saturated carbocycles. The molecule has 2 fully saturated rings. The maximum atomic E-state index is 12.3. The first kappa shape index (κ1) is 15.8. The van der Waals surface area contributed by atoms with E-state index in [0.29, 0.717) is 18.8 Å². The summed E-state index contributed by atoms with van der Waals surface area (Å²) in [6.45, 7) is 1.68. The number of amides is 2. The van der Waals surface area contributed by atoms with Crippen molar-refractivity contribution in [1.82, 2.24) is 5.32 Å². The lowest BCUT2D eigenvalue weighted by Gasteiger charge is -2.19. The topological polar surface area (TPSA) is 67.9 Å². The average molecular weight is 318 g/mol. The van der Waals surface area contributed by atoms with E-state index in [1.54, 1.807) is 12.0 Å². The number of anilines is 1. The summed E-state index contributed by atoms with van der Waals surface area (Å²) in [4.78, 5) is 26.2.